The number of fused-ring (bicyclic) bond motifs is 1. The zero-order chi connectivity index (χ0) is 11.0. The van der Waals surface area contributed by atoms with Crippen LogP contribution >= 0.6 is 0 Å². The van der Waals surface area contributed by atoms with E-state index in [1.54, 1.807) is 12.1 Å². The number of amides is 2. The molecule has 2 amide bonds. The summed E-state index contributed by atoms with van der Waals surface area (Å²) in [5.41, 5.74) is 2.09. The van der Waals surface area contributed by atoms with Crippen LogP contribution < -0.4 is 10.6 Å². The van der Waals surface area contributed by atoms with Gasteiger partial charge >= 0.3 is 12.0 Å². The Morgan fingerprint density at radius 1 is 1.47 bits per heavy atom. The highest BCUT2D eigenvalue weighted by molar-refractivity contribution is 5.97. The first kappa shape index (κ1) is 9.51. The Balaban J connectivity index is 2.52. The second-order valence-electron chi connectivity index (χ2n) is 3.46. The number of anilines is 1. The van der Waals surface area contributed by atoms with Gasteiger partial charge in [0.1, 0.15) is 0 Å². The van der Waals surface area contributed by atoms with Gasteiger partial charge < -0.3 is 15.7 Å². The predicted molar refractivity (Wildman–Crippen MR) is 53.7 cm³/mol. The minimum absolute atomic E-state index is 0.487. The van der Waals surface area contributed by atoms with Gasteiger partial charge in [0.15, 0.2) is 6.04 Å². The van der Waals surface area contributed by atoms with Crippen molar-refractivity contribution in [1.82, 2.24) is 5.32 Å². The second kappa shape index (κ2) is 3.27. The smallest absolute Gasteiger partial charge is 0.331 e. The van der Waals surface area contributed by atoms with Crippen molar-refractivity contribution in [1.29, 1.82) is 0 Å². The van der Waals surface area contributed by atoms with E-state index in [0.29, 0.717) is 11.3 Å². The Labute approximate surface area is 86.1 Å². The van der Waals surface area contributed by atoms with Gasteiger partial charge in [0.25, 0.3) is 0 Å². The minimum atomic E-state index is -1.06. The maximum Gasteiger partial charge on any atom is 0.331 e. The first-order valence-corrected chi connectivity index (χ1v) is 4.49. The van der Waals surface area contributed by atoms with Crippen molar-refractivity contribution in [3.8, 4) is 0 Å². The number of rotatable bonds is 1. The molecule has 0 bridgehead atoms. The van der Waals surface area contributed by atoms with Crippen LogP contribution in [0.2, 0.25) is 0 Å². The van der Waals surface area contributed by atoms with Crippen molar-refractivity contribution < 1.29 is 14.7 Å². The molecule has 0 radical (unpaired) electrons. The summed E-state index contributed by atoms with van der Waals surface area (Å²) in [5, 5.41) is 13.9. The first-order valence-electron chi connectivity index (χ1n) is 4.49. The summed E-state index contributed by atoms with van der Waals surface area (Å²) >= 11 is 0. The summed E-state index contributed by atoms with van der Waals surface area (Å²) in [7, 11) is 0. The number of carbonyl (C=O) groups excluding carboxylic acids is 1. The number of hydrogen-bond acceptors (Lipinski definition) is 2. The summed E-state index contributed by atoms with van der Waals surface area (Å²) in [4.78, 5) is 22.1. The van der Waals surface area contributed by atoms with Gasteiger partial charge in [-0.05, 0) is 13.0 Å². The van der Waals surface area contributed by atoms with Crippen LogP contribution in [0.15, 0.2) is 18.2 Å². The second-order valence-corrected chi connectivity index (χ2v) is 3.46. The number of aliphatic carboxylic acids is 1. The molecule has 0 spiro atoms. The van der Waals surface area contributed by atoms with Gasteiger partial charge in [0.05, 0.1) is 0 Å². The number of nitrogens with one attached hydrogen (secondary N) is 2. The summed E-state index contributed by atoms with van der Waals surface area (Å²) < 4.78 is 0. The van der Waals surface area contributed by atoms with E-state index in [9.17, 15) is 9.59 Å². The monoisotopic (exact) mass is 206 g/mol. The highest BCUT2D eigenvalue weighted by Crippen LogP contribution is 2.27. The number of aryl methyl sites for hydroxylation is 1. The van der Waals surface area contributed by atoms with Crippen LogP contribution in [0, 0.1) is 6.92 Å². The molecule has 0 saturated carbocycles. The van der Waals surface area contributed by atoms with Gasteiger partial charge in [0.2, 0.25) is 0 Å². The van der Waals surface area contributed by atoms with E-state index in [1.807, 2.05) is 13.0 Å². The topological polar surface area (TPSA) is 78.4 Å². The lowest BCUT2D eigenvalue weighted by atomic mass is 10.0. The maximum atomic E-state index is 11.1. The lowest BCUT2D eigenvalue weighted by molar-refractivity contribution is -0.139. The molecule has 1 heterocycles. The third kappa shape index (κ3) is 1.63. The number of carbonyl (C=O) groups is 2. The van der Waals surface area contributed by atoms with Crippen molar-refractivity contribution >= 4 is 17.7 Å². The molecule has 1 unspecified atom stereocenters. The third-order valence-electron chi connectivity index (χ3n) is 2.29. The highest BCUT2D eigenvalue weighted by Gasteiger charge is 2.29. The van der Waals surface area contributed by atoms with Crippen LogP contribution in [0.3, 0.4) is 0 Å². The van der Waals surface area contributed by atoms with Crippen LogP contribution in [0.1, 0.15) is 17.2 Å². The van der Waals surface area contributed by atoms with E-state index >= 15 is 0 Å². The molecular formula is C10H10N2O3. The van der Waals surface area contributed by atoms with Crippen LogP contribution in [-0.4, -0.2) is 17.1 Å². The number of benzene rings is 1. The van der Waals surface area contributed by atoms with E-state index < -0.39 is 18.0 Å². The molecular weight excluding hydrogens is 196 g/mol. The van der Waals surface area contributed by atoms with Crippen LogP contribution in [0.4, 0.5) is 10.5 Å². The molecule has 1 aliphatic heterocycles. The number of carboxylic acid groups (broad SMARTS) is 1. The van der Waals surface area contributed by atoms with E-state index in [-0.39, 0.29) is 0 Å². The summed E-state index contributed by atoms with van der Waals surface area (Å²) in [6.07, 6.45) is 0. The van der Waals surface area contributed by atoms with E-state index in [0.717, 1.165) is 5.56 Å². The molecule has 0 fully saturated rings. The van der Waals surface area contributed by atoms with Crippen molar-refractivity contribution in [3.63, 3.8) is 0 Å². The molecule has 78 valence electrons. The van der Waals surface area contributed by atoms with Crippen LogP contribution in [0.5, 0.6) is 0 Å². The molecule has 2 rings (SSSR count). The quantitative estimate of drug-likeness (QED) is 0.647. The Hall–Kier alpha value is -2.04. The SMILES string of the molecule is Cc1ccc2c(c1)C(C(=O)O)NC(=O)N2. The molecule has 1 aromatic rings. The van der Waals surface area contributed by atoms with E-state index in [1.165, 1.54) is 0 Å². The van der Waals surface area contributed by atoms with E-state index in [4.69, 9.17) is 5.11 Å². The minimum Gasteiger partial charge on any atom is -0.479 e. The molecule has 15 heavy (non-hydrogen) atoms. The molecule has 0 saturated heterocycles. The average molecular weight is 206 g/mol. The zero-order valence-corrected chi connectivity index (χ0v) is 8.07. The van der Waals surface area contributed by atoms with Crippen molar-refractivity contribution in [2.75, 3.05) is 5.32 Å². The third-order valence-corrected chi connectivity index (χ3v) is 2.29. The lowest BCUT2D eigenvalue weighted by Crippen LogP contribution is -2.41. The maximum absolute atomic E-state index is 11.1. The van der Waals surface area contributed by atoms with Gasteiger partial charge in [-0.15, -0.1) is 0 Å². The molecule has 1 aliphatic rings. The van der Waals surface area contributed by atoms with Crippen molar-refractivity contribution in [3.05, 3.63) is 29.3 Å². The average Bonchev–Trinajstić information content (AvgIpc) is 2.17. The summed E-state index contributed by atoms with van der Waals surface area (Å²) in [5.74, 6) is -1.06. The van der Waals surface area contributed by atoms with Gasteiger partial charge in [-0.3, -0.25) is 0 Å². The number of carboxylic acids is 1. The molecule has 5 nitrogen and oxygen atoms in total. The Morgan fingerprint density at radius 2 is 2.20 bits per heavy atom. The Bertz CT molecular complexity index is 442. The first-order chi connectivity index (χ1) is 7.08. The summed E-state index contributed by atoms with van der Waals surface area (Å²) in [6.45, 7) is 1.87. The van der Waals surface area contributed by atoms with Crippen LogP contribution in [-0.2, 0) is 4.79 Å². The van der Waals surface area contributed by atoms with Gasteiger partial charge in [-0.1, -0.05) is 17.7 Å². The predicted octanol–water partition coefficient (Wildman–Crippen LogP) is 1.26. The molecule has 1 aromatic carbocycles. The highest BCUT2D eigenvalue weighted by atomic mass is 16.4. The Kier molecular flexibility index (Phi) is 2.07. The van der Waals surface area contributed by atoms with Gasteiger partial charge in [-0.25, -0.2) is 9.59 Å². The fraction of sp³-hybridized carbons (Fsp3) is 0.200. The lowest BCUT2D eigenvalue weighted by Gasteiger charge is -2.24. The molecule has 0 aromatic heterocycles. The largest absolute Gasteiger partial charge is 0.479 e. The number of hydrogen-bond donors (Lipinski definition) is 3. The zero-order valence-electron chi connectivity index (χ0n) is 8.07. The van der Waals surface area contributed by atoms with Crippen LogP contribution in [0.25, 0.3) is 0 Å². The molecule has 5 heteroatoms. The van der Waals surface area contributed by atoms with Gasteiger partial charge in [-0.2, -0.15) is 0 Å². The number of urea groups is 1. The normalized spacial score (nSPS) is 18.7. The fourth-order valence-electron chi connectivity index (χ4n) is 1.60. The van der Waals surface area contributed by atoms with Gasteiger partial charge in [0, 0.05) is 11.3 Å². The van der Waals surface area contributed by atoms with Crippen molar-refractivity contribution in [2.24, 2.45) is 0 Å². The Morgan fingerprint density at radius 3 is 2.87 bits per heavy atom. The van der Waals surface area contributed by atoms with E-state index in [2.05, 4.69) is 10.6 Å². The molecule has 1 atom stereocenters. The summed E-state index contributed by atoms with van der Waals surface area (Å²) in [6, 6.07) is 3.83. The molecule has 3 N–H and O–H groups in total. The van der Waals surface area contributed by atoms with Crippen molar-refractivity contribution in [2.45, 2.75) is 13.0 Å². The molecule has 0 aliphatic carbocycles. The fourth-order valence-corrected chi connectivity index (χ4v) is 1.60. The standard InChI is InChI=1S/C10H10N2O3/c1-5-2-3-7-6(4-5)8(9(13)14)12-10(15)11-7/h2-4,8H,1H3,(H,13,14)(H2,11,12,15).